The summed E-state index contributed by atoms with van der Waals surface area (Å²) >= 11 is 5.85. The second-order valence-electron chi connectivity index (χ2n) is 5.39. The van der Waals surface area contributed by atoms with Crippen LogP contribution in [0, 0.1) is 5.92 Å². The van der Waals surface area contributed by atoms with Crippen LogP contribution < -0.4 is 10.2 Å². The lowest BCUT2D eigenvalue weighted by atomic mass is 10.1. The highest BCUT2D eigenvalue weighted by Gasteiger charge is 2.35. The minimum absolute atomic E-state index is 0.000249. The lowest BCUT2D eigenvalue weighted by Crippen LogP contribution is -2.28. The molecule has 0 bridgehead atoms. The number of benzene rings is 2. The minimum Gasteiger partial charge on any atom is -0.506 e. The molecule has 0 aliphatic carbocycles. The molecule has 1 aliphatic rings. The SMILES string of the molecule is O=C(Nc1ccccc1O)C1CC(=O)N(c2ccc(Cl)cc2)C1. The Labute approximate surface area is 138 Å². The van der Waals surface area contributed by atoms with Gasteiger partial charge in [0.2, 0.25) is 11.8 Å². The maximum Gasteiger partial charge on any atom is 0.229 e. The van der Waals surface area contributed by atoms with Gasteiger partial charge in [-0.25, -0.2) is 0 Å². The number of nitrogens with one attached hydrogen (secondary N) is 1. The standard InChI is InChI=1S/C17H15ClN2O3/c18-12-5-7-13(8-6-12)20-10-11(9-16(20)22)17(23)19-14-3-1-2-4-15(14)21/h1-8,11,21H,9-10H2,(H,19,23). The van der Waals surface area contributed by atoms with E-state index in [-0.39, 0.29) is 24.0 Å². The summed E-state index contributed by atoms with van der Waals surface area (Å²) in [5.74, 6) is -0.849. The van der Waals surface area contributed by atoms with Crippen LogP contribution >= 0.6 is 11.6 Å². The molecule has 6 heteroatoms. The first-order valence-corrected chi connectivity index (χ1v) is 7.57. The van der Waals surface area contributed by atoms with Crippen molar-refractivity contribution in [3.05, 3.63) is 53.6 Å². The van der Waals surface area contributed by atoms with Gasteiger partial charge in [-0.3, -0.25) is 9.59 Å². The number of halogens is 1. The van der Waals surface area contributed by atoms with Crippen molar-refractivity contribution in [2.45, 2.75) is 6.42 Å². The molecular formula is C17H15ClN2O3. The molecule has 1 unspecified atom stereocenters. The number of amides is 2. The van der Waals surface area contributed by atoms with Gasteiger partial charge in [0.15, 0.2) is 0 Å². The van der Waals surface area contributed by atoms with E-state index in [1.165, 1.54) is 6.07 Å². The third kappa shape index (κ3) is 3.29. The normalized spacial score (nSPS) is 17.3. The van der Waals surface area contributed by atoms with Crippen molar-refractivity contribution in [1.82, 2.24) is 0 Å². The molecule has 0 spiro atoms. The summed E-state index contributed by atoms with van der Waals surface area (Å²) in [5, 5.41) is 13.0. The first-order valence-electron chi connectivity index (χ1n) is 7.19. The number of carbonyl (C=O) groups excluding carboxylic acids is 2. The number of aromatic hydroxyl groups is 1. The number of phenols is 1. The zero-order valence-electron chi connectivity index (χ0n) is 12.2. The zero-order chi connectivity index (χ0) is 16.4. The number of para-hydroxylation sites is 2. The zero-order valence-corrected chi connectivity index (χ0v) is 13.0. The molecule has 2 N–H and O–H groups in total. The largest absolute Gasteiger partial charge is 0.506 e. The fourth-order valence-electron chi connectivity index (χ4n) is 2.57. The van der Waals surface area contributed by atoms with E-state index in [2.05, 4.69) is 5.32 Å². The molecule has 1 aliphatic heterocycles. The molecule has 2 aromatic rings. The summed E-state index contributed by atoms with van der Waals surface area (Å²) in [4.78, 5) is 26.1. The van der Waals surface area contributed by atoms with Crippen molar-refractivity contribution in [2.24, 2.45) is 5.92 Å². The first kappa shape index (κ1) is 15.4. The second-order valence-corrected chi connectivity index (χ2v) is 5.82. The molecule has 2 amide bonds. The van der Waals surface area contributed by atoms with Gasteiger partial charge in [-0.05, 0) is 36.4 Å². The monoisotopic (exact) mass is 330 g/mol. The Morgan fingerprint density at radius 3 is 2.57 bits per heavy atom. The highest BCUT2D eigenvalue weighted by atomic mass is 35.5. The molecule has 3 rings (SSSR count). The predicted octanol–water partition coefficient (Wildman–Crippen LogP) is 3.04. The number of carbonyl (C=O) groups is 2. The van der Waals surface area contributed by atoms with Crippen molar-refractivity contribution < 1.29 is 14.7 Å². The van der Waals surface area contributed by atoms with E-state index in [0.29, 0.717) is 17.3 Å². The molecule has 0 saturated carbocycles. The van der Waals surface area contributed by atoms with Gasteiger partial charge in [-0.2, -0.15) is 0 Å². The molecule has 1 atom stereocenters. The maximum atomic E-state index is 12.3. The number of anilines is 2. The summed E-state index contributed by atoms with van der Waals surface area (Å²) < 4.78 is 0. The lowest BCUT2D eigenvalue weighted by Gasteiger charge is -2.17. The summed E-state index contributed by atoms with van der Waals surface area (Å²) in [6.07, 6.45) is 0.141. The quantitative estimate of drug-likeness (QED) is 0.850. The van der Waals surface area contributed by atoms with Crippen LogP contribution in [-0.4, -0.2) is 23.5 Å². The molecule has 2 aromatic carbocycles. The molecular weight excluding hydrogens is 316 g/mol. The Bertz CT molecular complexity index is 746. The number of rotatable bonds is 3. The van der Waals surface area contributed by atoms with Crippen molar-refractivity contribution >= 4 is 34.8 Å². The van der Waals surface area contributed by atoms with Crippen molar-refractivity contribution in [3.63, 3.8) is 0 Å². The van der Waals surface area contributed by atoms with Gasteiger partial charge >= 0.3 is 0 Å². The molecule has 118 valence electrons. The van der Waals surface area contributed by atoms with Crippen molar-refractivity contribution in [1.29, 1.82) is 0 Å². The fraction of sp³-hybridized carbons (Fsp3) is 0.176. The first-order chi connectivity index (χ1) is 11.0. The summed E-state index contributed by atoms with van der Waals surface area (Å²) in [5.41, 5.74) is 1.06. The van der Waals surface area contributed by atoms with Gasteiger partial charge in [0.25, 0.3) is 0 Å². The average molecular weight is 331 g/mol. The lowest BCUT2D eigenvalue weighted by molar-refractivity contribution is -0.122. The third-order valence-corrected chi connectivity index (χ3v) is 4.05. The van der Waals surface area contributed by atoms with E-state index in [1.807, 2.05) is 0 Å². The van der Waals surface area contributed by atoms with Crippen molar-refractivity contribution in [3.8, 4) is 5.75 Å². The number of nitrogens with zero attached hydrogens (tertiary/aromatic N) is 1. The van der Waals surface area contributed by atoms with Crippen LogP contribution in [0.3, 0.4) is 0 Å². The van der Waals surface area contributed by atoms with E-state index in [9.17, 15) is 14.7 Å². The summed E-state index contributed by atoms with van der Waals surface area (Å²) in [7, 11) is 0. The van der Waals surface area contributed by atoms with E-state index >= 15 is 0 Å². The van der Waals surface area contributed by atoms with Gasteiger partial charge in [0.05, 0.1) is 11.6 Å². The van der Waals surface area contributed by atoms with Gasteiger partial charge in [0, 0.05) is 23.7 Å². The van der Waals surface area contributed by atoms with Crippen LogP contribution in [-0.2, 0) is 9.59 Å². The Morgan fingerprint density at radius 2 is 1.87 bits per heavy atom. The van der Waals surface area contributed by atoms with Gasteiger partial charge in [-0.15, -0.1) is 0 Å². The van der Waals surface area contributed by atoms with Crippen LogP contribution in [0.1, 0.15) is 6.42 Å². The summed E-state index contributed by atoms with van der Waals surface area (Å²) in [6, 6.07) is 13.4. The number of hydrogen-bond acceptors (Lipinski definition) is 3. The van der Waals surface area contributed by atoms with Gasteiger partial charge in [-0.1, -0.05) is 23.7 Å². The van der Waals surface area contributed by atoms with Crippen LogP contribution in [0.2, 0.25) is 5.02 Å². The van der Waals surface area contributed by atoms with Gasteiger partial charge in [0.1, 0.15) is 5.75 Å². The molecule has 0 aromatic heterocycles. The predicted molar refractivity (Wildman–Crippen MR) is 88.6 cm³/mol. The molecule has 0 radical (unpaired) electrons. The molecule has 1 fully saturated rings. The summed E-state index contributed by atoms with van der Waals surface area (Å²) in [6.45, 7) is 0.305. The van der Waals surface area contributed by atoms with E-state index in [1.54, 1.807) is 47.4 Å². The molecule has 5 nitrogen and oxygen atoms in total. The number of phenolic OH excluding ortho intramolecular Hbond substituents is 1. The molecule has 1 heterocycles. The Hall–Kier alpha value is -2.53. The third-order valence-electron chi connectivity index (χ3n) is 3.80. The second kappa shape index (κ2) is 6.30. The Balaban J connectivity index is 1.71. The van der Waals surface area contributed by atoms with Gasteiger partial charge < -0.3 is 15.3 Å². The topological polar surface area (TPSA) is 69.6 Å². The maximum absolute atomic E-state index is 12.3. The van der Waals surface area contributed by atoms with Crippen LogP contribution in [0.15, 0.2) is 48.5 Å². The Kier molecular flexibility index (Phi) is 4.21. The van der Waals surface area contributed by atoms with E-state index < -0.39 is 5.92 Å². The highest BCUT2D eigenvalue weighted by Crippen LogP contribution is 2.28. The van der Waals surface area contributed by atoms with Crippen LogP contribution in [0.5, 0.6) is 5.75 Å². The smallest absolute Gasteiger partial charge is 0.229 e. The molecule has 23 heavy (non-hydrogen) atoms. The minimum atomic E-state index is -0.460. The van der Waals surface area contributed by atoms with Crippen molar-refractivity contribution in [2.75, 3.05) is 16.8 Å². The Morgan fingerprint density at radius 1 is 1.17 bits per heavy atom. The van der Waals surface area contributed by atoms with Crippen LogP contribution in [0.25, 0.3) is 0 Å². The number of hydrogen-bond donors (Lipinski definition) is 2. The highest BCUT2D eigenvalue weighted by molar-refractivity contribution is 6.30. The van der Waals surface area contributed by atoms with E-state index in [4.69, 9.17) is 11.6 Å². The van der Waals surface area contributed by atoms with E-state index in [0.717, 1.165) is 5.69 Å². The van der Waals surface area contributed by atoms with Crippen LogP contribution in [0.4, 0.5) is 11.4 Å². The average Bonchev–Trinajstić information content (AvgIpc) is 2.92. The fourth-order valence-corrected chi connectivity index (χ4v) is 2.69. The molecule has 1 saturated heterocycles.